The molecule has 0 saturated heterocycles. The van der Waals surface area contributed by atoms with Gasteiger partial charge in [-0.3, -0.25) is 20.2 Å². The third kappa shape index (κ3) is 4.22. The molecule has 3 aromatic rings. The molecule has 0 fully saturated rings. The molecule has 1 N–H and O–H groups in total. The SMILES string of the molecule is COc1ccc(Cc2cnc(NC(=O)c3ccc([N+](=O)[O-])cc3)s2)cc1. The number of carbonyl (C=O) groups excluding carboxylic acids is 1. The summed E-state index contributed by atoms with van der Waals surface area (Å²) < 4.78 is 5.14. The maximum atomic E-state index is 12.2. The van der Waals surface area contributed by atoms with E-state index in [4.69, 9.17) is 4.74 Å². The Kier molecular flexibility index (Phi) is 5.23. The van der Waals surface area contributed by atoms with E-state index >= 15 is 0 Å². The summed E-state index contributed by atoms with van der Waals surface area (Å²) in [5, 5.41) is 13.8. The van der Waals surface area contributed by atoms with Gasteiger partial charge in [-0.2, -0.15) is 0 Å². The van der Waals surface area contributed by atoms with Crippen molar-refractivity contribution in [2.75, 3.05) is 12.4 Å². The second-order valence-corrected chi connectivity index (χ2v) is 6.53. The highest BCUT2D eigenvalue weighted by atomic mass is 32.1. The minimum atomic E-state index is -0.506. The van der Waals surface area contributed by atoms with E-state index in [1.54, 1.807) is 13.3 Å². The Morgan fingerprint density at radius 2 is 1.88 bits per heavy atom. The zero-order valence-corrected chi connectivity index (χ0v) is 14.7. The van der Waals surface area contributed by atoms with Gasteiger partial charge >= 0.3 is 0 Å². The fourth-order valence-electron chi connectivity index (χ4n) is 2.30. The largest absolute Gasteiger partial charge is 0.497 e. The number of aromatic nitrogens is 1. The number of methoxy groups -OCH3 is 1. The number of ether oxygens (including phenoxy) is 1. The quantitative estimate of drug-likeness (QED) is 0.525. The van der Waals surface area contributed by atoms with Crippen molar-refractivity contribution in [2.45, 2.75) is 6.42 Å². The summed E-state index contributed by atoms with van der Waals surface area (Å²) in [7, 11) is 1.62. The highest BCUT2D eigenvalue weighted by molar-refractivity contribution is 7.15. The number of nitro benzene ring substituents is 1. The molecule has 0 spiro atoms. The topological polar surface area (TPSA) is 94.4 Å². The number of anilines is 1. The molecule has 7 nitrogen and oxygen atoms in total. The van der Waals surface area contributed by atoms with Crippen molar-refractivity contribution in [1.29, 1.82) is 0 Å². The van der Waals surface area contributed by atoms with E-state index in [9.17, 15) is 14.9 Å². The number of nitrogens with one attached hydrogen (secondary N) is 1. The minimum Gasteiger partial charge on any atom is -0.497 e. The van der Waals surface area contributed by atoms with Gasteiger partial charge in [-0.25, -0.2) is 4.98 Å². The molecule has 0 radical (unpaired) electrons. The number of rotatable bonds is 6. The van der Waals surface area contributed by atoms with Gasteiger partial charge in [-0.1, -0.05) is 12.1 Å². The number of non-ortho nitro benzene ring substituents is 1. The third-order valence-corrected chi connectivity index (χ3v) is 4.56. The summed E-state index contributed by atoms with van der Waals surface area (Å²) >= 11 is 1.39. The number of nitro groups is 1. The number of hydrogen-bond acceptors (Lipinski definition) is 6. The number of hydrogen-bond donors (Lipinski definition) is 1. The number of carbonyl (C=O) groups is 1. The van der Waals surface area contributed by atoms with Crippen molar-refractivity contribution in [2.24, 2.45) is 0 Å². The summed E-state index contributed by atoms with van der Waals surface area (Å²) in [5.74, 6) is 0.444. The molecular weight excluding hydrogens is 354 g/mol. The molecule has 0 bridgehead atoms. The van der Waals surface area contributed by atoms with Gasteiger partial charge in [0.25, 0.3) is 11.6 Å². The van der Waals surface area contributed by atoms with Crippen molar-refractivity contribution in [1.82, 2.24) is 4.98 Å². The first-order valence-corrected chi connectivity index (χ1v) is 8.50. The lowest BCUT2D eigenvalue weighted by Gasteiger charge is -2.02. The van der Waals surface area contributed by atoms with E-state index in [-0.39, 0.29) is 11.6 Å². The smallest absolute Gasteiger partial charge is 0.269 e. The predicted molar refractivity (Wildman–Crippen MR) is 99.0 cm³/mol. The van der Waals surface area contributed by atoms with Crippen LogP contribution in [0.25, 0.3) is 0 Å². The van der Waals surface area contributed by atoms with Gasteiger partial charge < -0.3 is 4.74 Å². The van der Waals surface area contributed by atoms with Crippen molar-refractivity contribution in [3.63, 3.8) is 0 Å². The van der Waals surface area contributed by atoms with Gasteiger partial charge in [-0.15, -0.1) is 11.3 Å². The van der Waals surface area contributed by atoms with Crippen molar-refractivity contribution in [3.05, 3.63) is 80.8 Å². The Bertz CT molecular complexity index is 920. The maximum absolute atomic E-state index is 12.2. The second-order valence-electron chi connectivity index (χ2n) is 5.41. The van der Waals surface area contributed by atoms with Gasteiger partial charge in [0.1, 0.15) is 5.75 Å². The molecule has 0 unspecified atom stereocenters. The van der Waals surface area contributed by atoms with Crippen molar-refractivity contribution in [3.8, 4) is 5.75 Å². The van der Waals surface area contributed by atoms with Crippen molar-refractivity contribution < 1.29 is 14.5 Å². The van der Waals surface area contributed by atoms with Crippen LogP contribution in [0.5, 0.6) is 5.75 Å². The predicted octanol–water partition coefficient (Wildman–Crippen LogP) is 3.90. The number of thiazole rings is 1. The van der Waals surface area contributed by atoms with Gasteiger partial charge in [0.2, 0.25) is 0 Å². The van der Waals surface area contributed by atoms with Gasteiger partial charge in [0.15, 0.2) is 5.13 Å². The van der Waals surface area contributed by atoms with Gasteiger partial charge in [0, 0.05) is 35.2 Å². The Morgan fingerprint density at radius 1 is 1.19 bits per heavy atom. The summed E-state index contributed by atoms with van der Waals surface area (Å²) in [6.45, 7) is 0. The van der Waals surface area contributed by atoms with Crippen molar-refractivity contribution >= 4 is 28.1 Å². The first-order chi connectivity index (χ1) is 12.5. The highest BCUT2D eigenvalue weighted by Gasteiger charge is 2.12. The van der Waals surface area contributed by atoms with Crippen LogP contribution >= 0.6 is 11.3 Å². The van der Waals surface area contributed by atoms with Crippen LogP contribution < -0.4 is 10.1 Å². The standard InChI is InChI=1S/C18H15N3O4S/c1-25-15-8-2-12(3-9-15)10-16-11-19-18(26-16)20-17(22)13-4-6-14(7-5-13)21(23)24/h2-9,11H,10H2,1H3,(H,19,20,22). The molecule has 0 atom stereocenters. The van der Waals surface area contributed by atoms with E-state index in [1.807, 2.05) is 24.3 Å². The molecule has 0 aliphatic rings. The fourth-order valence-corrected chi connectivity index (χ4v) is 3.14. The summed E-state index contributed by atoms with van der Waals surface area (Å²) in [5.41, 5.74) is 1.39. The molecule has 1 aromatic heterocycles. The maximum Gasteiger partial charge on any atom is 0.269 e. The van der Waals surface area contributed by atoms with Gasteiger partial charge in [-0.05, 0) is 29.8 Å². The molecule has 0 saturated carbocycles. The van der Waals surface area contributed by atoms with Crippen LogP contribution in [-0.4, -0.2) is 22.9 Å². The van der Waals surface area contributed by atoms with Crippen LogP contribution in [0, 0.1) is 10.1 Å². The first-order valence-electron chi connectivity index (χ1n) is 7.68. The summed E-state index contributed by atoms with van der Waals surface area (Å²) in [6.07, 6.45) is 2.43. The Labute approximate surface area is 153 Å². The number of amides is 1. The minimum absolute atomic E-state index is 0.0578. The van der Waals surface area contributed by atoms with Crippen LogP contribution in [0.3, 0.4) is 0 Å². The average Bonchev–Trinajstić information content (AvgIpc) is 3.09. The normalized spacial score (nSPS) is 10.3. The number of benzene rings is 2. The van der Waals surface area contributed by atoms with Crippen LogP contribution in [0.2, 0.25) is 0 Å². The Morgan fingerprint density at radius 3 is 2.50 bits per heavy atom. The highest BCUT2D eigenvalue weighted by Crippen LogP contribution is 2.23. The molecule has 8 heteroatoms. The van der Waals surface area contributed by atoms with Gasteiger partial charge in [0.05, 0.1) is 12.0 Å². The molecule has 132 valence electrons. The molecule has 26 heavy (non-hydrogen) atoms. The molecule has 0 aliphatic heterocycles. The molecule has 1 heterocycles. The molecule has 2 aromatic carbocycles. The van der Waals surface area contributed by atoms with E-state index < -0.39 is 4.92 Å². The first kappa shape index (κ1) is 17.6. The lowest BCUT2D eigenvalue weighted by molar-refractivity contribution is -0.384. The van der Waals surface area contributed by atoms with Crippen LogP contribution in [0.15, 0.2) is 54.7 Å². The lowest BCUT2D eigenvalue weighted by atomic mass is 10.1. The van der Waals surface area contributed by atoms with Crippen LogP contribution in [0.1, 0.15) is 20.8 Å². The Balaban J connectivity index is 1.63. The monoisotopic (exact) mass is 369 g/mol. The molecule has 1 amide bonds. The zero-order valence-electron chi connectivity index (χ0n) is 13.8. The molecule has 3 rings (SSSR count). The molecular formula is C18H15N3O4S. The number of nitrogens with zero attached hydrogens (tertiary/aromatic N) is 2. The molecule has 0 aliphatic carbocycles. The third-order valence-electron chi connectivity index (χ3n) is 3.65. The lowest BCUT2D eigenvalue weighted by Crippen LogP contribution is -2.11. The van der Waals surface area contributed by atoms with E-state index in [2.05, 4.69) is 10.3 Å². The zero-order chi connectivity index (χ0) is 18.5. The summed E-state index contributed by atoms with van der Waals surface area (Å²) in [6, 6.07) is 13.2. The summed E-state index contributed by atoms with van der Waals surface area (Å²) in [4.78, 5) is 27.6. The average molecular weight is 369 g/mol. The second kappa shape index (κ2) is 7.75. The Hall–Kier alpha value is -3.26. The van der Waals surface area contributed by atoms with Crippen LogP contribution in [0.4, 0.5) is 10.8 Å². The van der Waals surface area contributed by atoms with Crippen LogP contribution in [-0.2, 0) is 6.42 Å². The van der Waals surface area contributed by atoms with E-state index in [1.165, 1.54) is 35.6 Å². The van der Waals surface area contributed by atoms with E-state index in [0.717, 1.165) is 16.2 Å². The van der Waals surface area contributed by atoms with E-state index in [0.29, 0.717) is 17.1 Å². The fraction of sp³-hybridized carbons (Fsp3) is 0.111.